The van der Waals surface area contributed by atoms with Gasteiger partial charge in [0.2, 0.25) is 0 Å². The molecule has 1 aromatic rings. The molecule has 2 aliphatic rings. The Bertz CT molecular complexity index is 403. The van der Waals surface area contributed by atoms with Crippen LogP contribution in [0.3, 0.4) is 0 Å². The molecule has 106 valence electrons. The van der Waals surface area contributed by atoms with Crippen LogP contribution in [-0.2, 0) is 6.54 Å². The van der Waals surface area contributed by atoms with Crippen LogP contribution in [-0.4, -0.2) is 34.6 Å². The average molecular weight is 279 g/mol. The molecule has 4 heteroatoms. The van der Waals surface area contributed by atoms with E-state index >= 15 is 0 Å². The number of nitrogens with one attached hydrogen (secondary N) is 1. The summed E-state index contributed by atoms with van der Waals surface area (Å²) >= 11 is 1.86. The zero-order chi connectivity index (χ0) is 13.2. The summed E-state index contributed by atoms with van der Waals surface area (Å²) < 4.78 is 0. The molecule has 0 saturated carbocycles. The predicted molar refractivity (Wildman–Crippen MR) is 80.5 cm³/mol. The molecule has 3 nitrogen and oxygen atoms in total. The fourth-order valence-electron chi connectivity index (χ4n) is 3.71. The van der Waals surface area contributed by atoms with Gasteiger partial charge in [-0.25, -0.2) is 4.98 Å². The van der Waals surface area contributed by atoms with Crippen molar-refractivity contribution in [3.8, 4) is 0 Å². The van der Waals surface area contributed by atoms with Gasteiger partial charge in [0.05, 0.1) is 5.01 Å². The third kappa shape index (κ3) is 3.01. The van der Waals surface area contributed by atoms with Gasteiger partial charge in [-0.3, -0.25) is 4.90 Å². The Balaban J connectivity index is 1.60. The maximum Gasteiger partial charge on any atom is 0.0897 e. The topological polar surface area (TPSA) is 28.2 Å². The van der Waals surface area contributed by atoms with Crippen molar-refractivity contribution in [3.63, 3.8) is 0 Å². The Hall–Kier alpha value is -0.450. The van der Waals surface area contributed by atoms with Crippen molar-refractivity contribution >= 4 is 11.3 Å². The number of rotatable bonds is 5. The SMILES string of the molecule is CCCNC1CC2CCC(C1)N2Cc1cnc(C)s1. The molecule has 2 unspecified atom stereocenters. The zero-order valence-electron chi connectivity index (χ0n) is 12.1. The first-order chi connectivity index (χ1) is 9.26. The van der Waals surface area contributed by atoms with Crippen LogP contribution in [0.15, 0.2) is 6.20 Å². The number of aromatic nitrogens is 1. The monoisotopic (exact) mass is 279 g/mol. The summed E-state index contributed by atoms with van der Waals surface area (Å²) in [4.78, 5) is 8.57. The molecule has 0 aliphatic carbocycles. The first-order valence-electron chi connectivity index (χ1n) is 7.66. The molecule has 3 rings (SSSR count). The van der Waals surface area contributed by atoms with Gasteiger partial charge >= 0.3 is 0 Å². The lowest BCUT2D eigenvalue weighted by molar-refractivity contribution is 0.110. The van der Waals surface area contributed by atoms with E-state index in [9.17, 15) is 0 Å². The first-order valence-corrected chi connectivity index (χ1v) is 8.48. The molecular formula is C15H25N3S. The molecule has 3 heterocycles. The first kappa shape index (κ1) is 13.5. The fourth-order valence-corrected chi connectivity index (χ4v) is 4.51. The van der Waals surface area contributed by atoms with Crippen molar-refractivity contribution in [2.75, 3.05) is 6.54 Å². The molecule has 2 saturated heterocycles. The molecule has 0 spiro atoms. The van der Waals surface area contributed by atoms with Crippen molar-refractivity contribution in [3.05, 3.63) is 16.1 Å². The quantitative estimate of drug-likeness (QED) is 0.898. The van der Waals surface area contributed by atoms with Gasteiger partial charge in [0.25, 0.3) is 0 Å². The second-order valence-electron chi connectivity index (χ2n) is 6.03. The Kier molecular flexibility index (Phi) is 4.20. The van der Waals surface area contributed by atoms with Gasteiger partial charge in [-0.2, -0.15) is 0 Å². The lowest BCUT2D eigenvalue weighted by Crippen LogP contribution is -2.48. The molecular weight excluding hydrogens is 254 g/mol. The number of thiazole rings is 1. The van der Waals surface area contributed by atoms with E-state index in [4.69, 9.17) is 0 Å². The third-order valence-corrected chi connectivity index (χ3v) is 5.47. The van der Waals surface area contributed by atoms with Gasteiger partial charge < -0.3 is 5.32 Å². The molecule has 0 amide bonds. The molecule has 1 aromatic heterocycles. The number of piperidine rings is 1. The minimum absolute atomic E-state index is 0.761. The maximum atomic E-state index is 4.39. The van der Waals surface area contributed by atoms with E-state index in [0.29, 0.717) is 0 Å². The molecule has 0 radical (unpaired) electrons. The van der Waals surface area contributed by atoms with Crippen molar-refractivity contribution in [1.29, 1.82) is 0 Å². The lowest BCUT2D eigenvalue weighted by atomic mass is 9.97. The second kappa shape index (κ2) is 5.90. The van der Waals surface area contributed by atoms with E-state index in [2.05, 4.69) is 35.2 Å². The molecule has 2 bridgehead atoms. The van der Waals surface area contributed by atoms with Crippen LogP contribution in [0.5, 0.6) is 0 Å². The summed E-state index contributed by atoms with van der Waals surface area (Å²) in [6, 6.07) is 2.36. The van der Waals surface area contributed by atoms with E-state index in [1.165, 1.54) is 48.5 Å². The van der Waals surface area contributed by atoms with Gasteiger partial charge in [-0.1, -0.05) is 6.92 Å². The highest BCUT2D eigenvalue weighted by molar-refractivity contribution is 7.11. The molecule has 0 aromatic carbocycles. The van der Waals surface area contributed by atoms with Crippen molar-refractivity contribution in [1.82, 2.24) is 15.2 Å². The highest BCUT2D eigenvalue weighted by Crippen LogP contribution is 2.37. The standard InChI is InChI=1S/C15H25N3S/c1-3-6-16-12-7-13-4-5-14(8-12)18(13)10-15-9-17-11(2)19-15/h9,12-14,16H,3-8,10H2,1-2H3. The summed E-state index contributed by atoms with van der Waals surface area (Å²) in [6.45, 7) is 6.66. The van der Waals surface area contributed by atoms with E-state index < -0.39 is 0 Å². The number of hydrogen-bond donors (Lipinski definition) is 1. The number of fused-ring (bicyclic) bond motifs is 2. The molecule has 1 N–H and O–H groups in total. The molecule has 2 fully saturated rings. The van der Waals surface area contributed by atoms with Crippen LogP contribution in [0.25, 0.3) is 0 Å². The second-order valence-corrected chi connectivity index (χ2v) is 7.34. The summed E-state index contributed by atoms with van der Waals surface area (Å²) in [7, 11) is 0. The Morgan fingerprint density at radius 3 is 2.68 bits per heavy atom. The Morgan fingerprint density at radius 1 is 1.37 bits per heavy atom. The molecule has 2 aliphatic heterocycles. The van der Waals surface area contributed by atoms with Gasteiger partial charge in [0.15, 0.2) is 0 Å². The number of hydrogen-bond acceptors (Lipinski definition) is 4. The predicted octanol–water partition coefficient (Wildman–Crippen LogP) is 2.95. The molecule has 19 heavy (non-hydrogen) atoms. The lowest BCUT2D eigenvalue weighted by Gasteiger charge is -2.39. The Labute approximate surface area is 120 Å². The van der Waals surface area contributed by atoms with Crippen LogP contribution in [0.4, 0.5) is 0 Å². The number of aryl methyl sites for hydroxylation is 1. The summed E-state index contributed by atoms with van der Waals surface area (Å²) in [5.74, 6) is 0. The maximum absolute atomic E-state index is 4.39. The van der Waals surface area contributed by atoms with E-state index in [1.54, 1.807) is 0 Å². The van der Waals surface area contributed by atoms with Crippen molar-refractivity contribution in [2.24, 2.45) is 0 Å². The van der Waals surface area contributed by atoms with Gasteiger partial charge in [-0.05, 0) is 45.6 Å². The summed E-state index contributed by atoms with van der Waals surface area (Å²) in [5, 5.41) is 4.92. The van der Waals surface area contributed by atoms with Crippen molar-refractivity contribution < 1.29 is 0 Å². The van der Waals surface area contributed by atoms with Crippen LogP contribution in [0.1, 0.15) is 48.9 Å². The average Bonchev–Trinajstić information content (AvgIpc) is 2.89. The minimum atomic E-state index is 0.761. The van der Waals surface area contributed by atoms with Gasteiger partial charge in [0, 0.05) is 35.7 Å². The van der Waals surface area contributed by atoms with Crippen LogP contribution in [0, 0.1) is 6.92 Å². The van der Waals surface area contributed by atoms with Gasteiger partial charge in [-0.15, -0.1) is 11.3 Å². The zero-order valence-corrected chi connectivity index (χ0v) is 12.9. The summed E-state index contributed by atoms with van der Waals surface area (Å²) in [5.41, 5.74) is 0. The van der Waals surface area contributed by atoms with Crippen molar-refractivity contribution in [2.45, 2.75) is 70.6 Å². The normalized spacial score (nSPS) is 30.9. The summed E-state index contributed by atoms with van der Waals surface area (Å²) in [6.07, 6.45) is 8.79. The number of nitrogens with zero attached hydrogens (tertiary/aromatic N) is 2. The molecule has 2 atom stereocenters. The highest BCUT2D eigenvalue weighted by atomic mass is 32.1. The highest BCUT2D eigenvalue weighted by Gasteiger charge is 2.40. The largest absolute Gasteiger partial charge is 0.314 e. The fraction of sp³-hybridized carbons (Fsp3) is 0.800. The van der Waals surface area contributed by atoms with Gasteiger partial charge in [0.1, 0.15) is 0 Å². The minimum Gasteiger partial charge on any atom is -0.314 e. The van der Waals surface area contributed by atoms with Crippen LogP contribution >= 0.6 is 11.3 Å². The van der Waals surface area contributed by atoms with Crippen LogP contribution < -0.4 is 5.32 Å². The Morgan fingerprint density at radius 2 is 2.11 bits per heavy atom. The van der Waals surface area contributed by atoms with Crippen LogP contribution in [0.2, 0.25) is 0 Å². The van der Waals surface area contributed by atoms with E-state index in [-0.39, 0.29) is 0 Å². The third-order valence-electron chi connectivity index (χ3n) is 4.57. The van der Waals surface area contributed by atoms with E-state index in [1.807, 2.05) is 11.3 Å². The van der Waals surface area contributed by atoms with E-state index in [0.717, 1.165) is 24.7 Å². The smallest absolute Gasteiger partial charge is 0.0897 e.